The lowest BCUT2D eigenvalue weighted by Gasteiger charge is -2.44. The topological polar surface area (TPSA) is 173 Å². The molecule has 0 aliphatic carbocycles. The minimum atomic E-state index is -3.97. The Hall–Kier alpha value is -3.44. The molecule has 2 aliphatic rings. The number of ether oxygens (including phenoxy) is 1. The van der Waals surface area contributed by atoms with Gasteiger partial charge in [-0.25, -0.2) is 22.6 Å². The van der Waals surface area contributed by atoms with Crippen LogP contribution in [0.4, 0.5) is 5.69 Å². The van der Waals surface area contributed by atoms with Gasteiger partial charge in [0, 0.05) is 23.9 Å². The van der Waals surface area contributed by atoms with Crippen molar-refractivity contribution in [3.63, 3.8) is 0 Å². The Labute approximate surface area is 253 Å². The molecule has 3 aromatic rings. The molecule has 230 valence electrons. The Morgan fingerprint density at radius 2 is 1.95 bits per heavy atom. The van der Waals surface area contributed by atoms with Crippen LogP contribution in [0.15, 0.2) is 47.5 Å². The largest absolute Gasteiger partial charge is 0.456 e. The zero-order valence-corrected chi connectivity index (χ0v) is 27.2. The number of aromatic nitrogens is 2. The van der Waals surface area contributed by atoms with E-state index in [-0.39, 0.29) is 34.5 Å². The number of aliphatic hydroxyl groups excluding tert-OH is 1. The number of fused-ring (bicyclic) bond motifs is 2. The number of benzene rings is 1. The van der Waals surface area contributed by atoms with E-state index in [9.17, 15) is 33.2 Å². The summed E-state index contributed by atoms with van der Waals surface area (Å²) in [5.74, 6) is -1.85. The van der Waals surface area contributed by atoms with Crippen molar-refractivity contribution in [1.82, 2.24) is 18.7 Å². The van der Waals surface area contributed by atoms with Gasteiger partial charge in [-0.1, -0.05) is 33.9 Å². The van der Waals surface area contributed by atoms with Crippen LogP contribution in [0.5, 0.6) is 0 Å². The number of sulfonamides is 1. The highest BCUT2D eigenvalue weighted by molar-refractivity contribution is 7.91. The molecule has 13 nitrogen and oxygen atoms in total. The summed E-state index contributed by atoms with van der Waals surface area (Å²) < 4.78 is 37.0. The molecule has 0 radical (unpaired) electrons. The summed E-state index contributed by atoms with van der Waals surface area (Å²) in [5, 5.41) is 20.8. The van der Waals surface area contributed by atoms with Gasteiger partial charge in [0.1, 0.15) is 31.7 Å². The number of imidazole rings is 1. The number of nitrogens with zero attached hydrogens (tertiary/aromatic N) is 4. The van der Waals surface area contributed by atoms with Gasteiger partial charge in [0.25, 0.3) is 15.7 Å². The molecule has 1 amide bonds. The highest BCUT2D eigenvalue weighted by Gasteiger charge is 2.57. The smallest absolute Gasteiger partial charge is 0.355 e. The van der Waals surface area contributed by atoms with Crippen molar-refractivity contribution >= 4 is 57.6 Å². The first-order valence-corrected chi connectivity index (χ1v) is 18.9. The summed E-state index contributed by atoms with van der Waals surface area (Å²) in [6, 6.07) is 5.12. The predicted molar refractivity (Wildman–Crippen MR) is 161 cm³/mol. The third-order valence-electron chi connectivity index (χ3n) is 8.44. The first-order valence-electron chi connectivity index (χ1n) is 13.6. The number of hydrogen-bond donors (Lipinski definition) is 2. The van der Waals surface area contributed by atoms with E-state index < -0.39 is 53.1 Å². The molecule has 43 heavy (non-hydrogen) atoms. The van der Waals surface area contributed by atoms with Crippen LogP contribution in [-0.4, -0.2) is 65.0 Å². The zero-order chi connectivity index (χ0) is 31.6. The number of amides is 1. The molecule has 1 saturated heterocycles. The summed E-state index contributed by atoms with van der Waals surface area (Å²) >= 11 is 1.14. The van der Waals surface area contributed by atoms with Gasteiger partial charge in [0.05, 0.1) is 27.9 Å². The molecule has 2 aromatic heterocycles. The summed E-state index contributed by atoms with van der Waals surface area (Å²) in [6.45, 7) is 11.2. The molecular formula is C27H33N5O8S2Si. The van der Waals surface area contributed by atoms with E-state index in [1.807, 2.05) is 33.9 Å². The molecule has 0 unspecified atom stereocenters. The Kier molecular flexibility index (Phi) is 7.66. The number of β-lactam (4-membered cyclic amide) rings is 1. The SMILES string of the molecule is C[C@@H](O)[C@H]1C(=O)N2C(C(=O)OCc3ccc([N+](=O)[O-])cc3)=C(c3cn4cnc(S(=O)(=O)N[Si](C)(C)C(C)(C)C)c4s3)C[C@H]12. The molecule has 2 aliphatic heterocycles. The van der Waals surface area contributed by atoms with Gasteiger partial charge in [-0.3, -0.25) is 19.3 Å². The number of carbonyl (C=O) groups is 2. The summed E-state index contributed by atoms with van der Waals surface area (Å²) in [4.78, 5) is 43.4. The molecule has 16 heteroatoms. The summed E-state index contributed by atoms with van der Waals surface area (Å²) in [7, 11) is -6.43. The fourth-order valence-corrected chi connectivity index (χ4v) is 11.3. The third kappa shape index (κ3) is 5.41. The molecule has 5 rings (SSSR count). The van der Waals surface area contributed by atoms with Gasteiger partial charge in [-0.15, -0.1) is 11.3 Å². The number of nitro groups is 1. The van der Waals surface area contributed by atoms with Crippen LogP contribution < -0.4 is 4.39 Å². The van der Waals surface area contributed by atoms with Crippen molar-refractivity contribution in [2.24, 2.45) is 5.92 Å². The molecule has 1 fully saturated rings. The van der Waals surface area contributed by atoms with Gasteiger partial charge in [-0.2, -0.15) is 0 Å². The zero-order valence-electron chi connectivity index (χ0n) is 24.5. The van der Waals surface area contributed by atoms with Crippen LogP contribution in [0.25, 0.3) is 10.4 Å². The Morgan fingerprint density at radius 1 is 1.30 bits per heavy atom. The van der Waals surface area contributed by atoms with E-state index >= 15 is 0 Å². The van der Waals surface area contributed by atoms with Crippen LogP contribution in [0.1, 0.15) is 44.6 Å². The number of thiazole rings is 1. The molecule has 2 N–H and O–H groups in total. The highest BCUT2D eigenvalue weighted by Crippen LogP contribution is 2.49. The minimum absolute atomic E-state index is 0.0371. The molecular weight excluding hydrogens is 615 g/mol. The maximum atomic E-state index is 13.5. The summed E-state index contributed by atoms with van der Waals surface area (Å²) in [5.41, 5.74) is 0.964. The summed E-state index contributed by atoms with van der Waals surface area (Å²) in [6.07, 6.45) is 2.42. The average Bonchev–Trinajstić information content (AvgIpc) is 3.57. The molecule has 4 heterocycles. The van der Waals surface area contributed by atoms with Gasteiger partial charge in [0.2, 0.25) is 10.9 Å². The first kappa shape index (κ1) is 31.0. The van der Waals surface area contributed by atoms with E-state index in [1.54, 1.807) is 10.6 Å². The molecule has 0 bridgehead atoms. The first-order chi connectivity index (χ1) is 19.9. The van der Waals surface area contributed by atoms with Crippen LogP contribution in [-0.2, 0) is 31.0 Å². The molecule has 0 saturated carbocycles. The average molecular weight is 648 g/mol. The Bertz CT molecular complexity index is 1770. The minimum Gasteiger partial charge on any atom is -0.456 e. The van der Waals surface area contributed by atoms with Gasteiger partial charge >= 0.3 is 5.97 Å². The maximum absolute atomic E-state index is 13.5. The van der Waals surface area contributed by atoms with E-state index in [0.29, 0.717) is 20.8 Å². The second-order valence-corrected chi connectivity index (χ2v) is 20.4. The van der Waals surface area contributed by atoms with Crippen LogP contribution in [0.3, 0.4) is 0 Å². The van der Waals surface area contributed by atoms with Gasteiger partial charge in [0.15, 0.2) is 0 Å². The van der Waals surface area contributed by atoms with Crippen molar-refractivity contribution in [1.29, 1.82) is 0 Å². The van der Waals surface area contributed by atoms with Gasteiger partial charge < -0.3 is 14.7 Å². The van der Waals surface area contributed by atoms with E-state index in [2.05, 4.69) is 9.37 Å². The molecule has 0 spiro atoms. The second kappa shape index (κ2) is 10.6. The lowest BCUT2D eigenvalue weighted by Crippen LogP contribution is -2.61. The lowest BCUT2D eigenvalue weighted by molar-refractivity contribution is -0.384. The van der Waals surface area contributed by atoms with Crippen molar-refractivity contribution in [3.05, 3.63) is 63.0 Å². The molecule has 3 atom stereocenters. The Balaban J connectivity index is 1.49. The van der Waals surface area contributed by atoms with Crippen molar-refractivity contribution in [3.8, 4) is 0 Å². The number of hydrogen-bond acceptors (Lipinski definition) is 10. The number of nitro benzene ring substituents is 1. The second-order valence-electron chi connectivity index (χ2n) is 12.4. The van der Waals surface area contributed by atoms with E-state index in [0.717, 1.165) is 11.3 Å². The lowest BCUT2D eigenvalue weighted by atomic mass is 9.83. The number of non-ortho nitro benzene ring substituents is 1. The van der Waals surface area contributed by atoms with E-state index in [1.165, 1.54) is 42.4 Å². The molecule has 1 aromatic carbocycles. The maximum Gasteiger partial charge on any atom is 0.355 e. The van der Waals surface area contributed by atoms with Crippen molar-refractivity contribution in [2.45, 2.75) is 76.0 Å². The van der Waals surface area contributed by atoms with Crippen LogP contribution in [0.2, 0.25) is 18.1 Å². The number of aliphatic hydroxyl groups is 1. The number of nitrogens with one attached hydrogen (secondary N) is 1. The fraction of sp³-hybridized carbons (Fsp3) is 0.444. The fourth-order valence-electron chi connectivity index (χ4n) is 5.05. The van der Waals surface area contributed by atoms with Crippen LogP contribution in [0, 0.1) is 16.0 Å². The van der Waals surface area contributed by atoms with Crippen molar-refractivity contribution in [2.75, 3.05) is 0 Å². The Morgan fingerprint density at radius 3 is 2.53 bits per heavy atom. The van der Waals surface area contributed by atoms with E-state index in [4.69, 9.17) is 4.74 Å². The predicted octanol–water partition coefficient (Wildman–Crippen LogP) is 3.65. The monoisotopic (exact) mass is 647 g/mol. The van der Waals surface area contributed by atoms with Crippen LogP contribution >= 0.6 is 11.3 Å². The van der Waals surface area contributed by atoms with Crippen molar-refractivity contribution < 1.29 is 32.8 Å². The third-order valence-corrected chi connectivity index (χ3v) is 17.4. The number of esters is 1. The number of rotatable bonds is 9. The normalized spacial score (nSPS) is 19.9. The quantitative estimate of drug-likeness (QED) is 0.116. The standard InChI is InChI=1S/C27H33N5O8S2Si/c1-15(33)21-19-11-18(22(31(19)24(21)34)26(35)40-13-16-7-9-17(10-8-16)32(36)37)20-12-30-14-28-23(25(30)41-20)42(38,39)29-43(5,6)27(2,3)4/h7-10,12,14-15,19,21,29,33H,11,13H2,1-6H3/t15-,19-,21-/m1/s1. The highest BCUT2D eigenvalue weighted by atomic mass is 32.2. The van der Waals surface area contributed by atoms with Gasteiger partial charge in [-0.05, 0) is 36.1 Å². The number of carbonyl (C=O) groups excluding carboxylic acids is 2.